The van der Waals surface area contributed by atoms with E-state index in [0.717, 1.165) is 60.8 Å². The molecule has 7 unspecified atom stereocenters. The molecule has 0 saturated heterocycles. The molecule has 0 aromatic heterocycles. The van der Waals surface area contributed by atoms with Gasteiger partial charge in [0.2, 0.25) is 5.91 Å². The number of amides is 1. The van der Waals surface area contributed by atoms with Gasteiger partial charge in [-0.25, -0.2) is 8.51 Å². The average molecular weight is 701 g/mol. The highest BCUT2D eigenvalue weighted by atomic mass is 35.5. The number of anilines is 1. The van der Waals surface area contributed by atoms with Crippen LogP contribution in [0.4, 0.5) is 5.69 Å². The number of benzene rings is 2. The molecular weight excluding hydrogens is 644 g/mol. The lowest BCUT2D eigenvalue weighted by molar-refractivity contribution is -0.127. The number of likely N-dealkylation sites (N-methyl/N-ethyl adjacent to an activating group) is 2. The number of hydrogen-bond acceptors (Lipinski definition) is 6. The smallest absolute Gasteiger partial charge is 0.246 e. The molecule has 2 aromatic carbocycles. The maximum absolute atomic E-state index is 13.6. The molecule has 10 heteroatoms. The Morgan fingerprint density at radius 3 is 2.69 bits per heavy atom. The van der Waals surface area contributed by atoms with Crippen LogP contribution in [0, 0.1) is 17.3 Å². The van der Waals surface area contributed by atoms with Crippen molar-refractivity contribution in [1.29, 1.82) is 0 Å². The minimum atomic E-state index is -1.17. The molecule has 0 aliphatic carbocycles. The normalized spacial score (nSPS) is 29.5. The number of fused-ring (bicyclic) bond motifs is 1. The SMILES string of the molecule is CCNC(=O)COC1/C=C/CC(C)C(C)S(=O)N(C)Cc2ccc3c(c2)N(CC(C)C1NC)CC(C)(CCCc1cccc(Cl)c1)CO3. The fourth-order valence-electron chi connectivity index (χ4n) is 6.96. The number of ether oxygens (including phenoxy) is 2. The third-order valence-corrected chi connectivity index (χ3v) is 12.0. The number of nitrogens with zero attached hydrogens (tertiary/aromatic N) is 2. The second-order valence-corrected chi connectivity index (χ2v) is 16.6. The molecule has 0 saturated carbocycles. The average Bonchev–Trinajstić information content (AvgIpc) is 3.18. The molecule has 0 spiro atoms. The van der Waals surface area contributed by atoms with Crippen LogP contribution in [-0.4, -0.2) is 78.8 Å². The van der Waals surface area contributed by atoms with E-state index in [4.69, 9.17) is 21.1 Å². The monoisotopic (exact) mass is 700 g/mol. The van der Waals surface area contributed by atoms with Crippen LogP contribution in [0.2, 0.25) is 5.02 Å². The first kappa shape index (κ1) is 38.4. The number of rotatable bonds is 9. The summed E-state index contributed by atoms with van der Waals surface area (Å²) in [6.07, 6.45) is 7.66. The molecule has 2 aliphatic heterocycles. The van der Waals surface area contributed by atoms with Gasteiger partial charge in [0.05, 0.1) is 29.4 Å². The van der Waals surface area contributed by atoms with Gasteiger partial charge in [-0.3, -0.25) is 4.79 Å². The van der Waals surface area contributed by atoms with Crippen molar-refractivity contribution in [2.24, 2.45) is 17.3 Å². The van der Waals surface area contributed by atoms with E-state index >= 15 is 0 Å². The third kappa shape index (κ3) is 10.5. The quantitative estimate of drug-likeness (QED) is 0.295. The minimum absolute atomic E-state index is 0.0110. The first-order valence-electron chi connectivity index (χ1n) is 17.5. The van der Waals surface area contributed by atoms with E-state index in [-0.39, 0.29) is 47.2 Å². The van der Waals surface area contributed by atoms with Crippen molar-refractivity contribution >= 4 is 34.2 Å². The molecular formula is C38H57ClN4O4S. The summed E-state index contributed by atoms with van der Waals surface area (Å²) in [5.74, 6) is 1.10. The Bertz CT molecular complexity index is 1410. The Morgan fingerprint density at radius 1 is 1.17 bits per heavy atom. The van der Waals surface area contributed by atoms with E-state index in [9.17, 15) is 9.00 Å². The summed E-state index contributed by atoms with van der Waals surface area (Å²) in [7, 11) is 2.75. The lowest BCUT2D eigenvalue weighted by Gasteiger charge is -2.38. The van der Waals surface area contributed by atoms with Crippen molar-refractivity contribution in [2.45, 2.75) is 84.2 Å². The van der Waals surface area contributed by atoms with Crippen LogP contribution in [0.5, 0.6) is 5.75 Å². The molecule has 266 valence electrons. The molecule has 0 fully saturated rings. The van der Waals surface area contributed by atoms with E-state index < -0.39 is 11.0 Å². The zero-order valence-corrected chi connectivity index (χ0v) is 31.5. The molecule has 2 aromatic rings. The fourth-order valence-corrected chi connectivity index (χ4v) is 8.52. The standard InChI is InChI=1S/C38H57ClN4O4S/c1-8-41-36(44)24-46-35-16-9-12-27(2)29(4)48(45)42(7)23-31-17-18-34-33(21-31)43(22-28(3)37(35)40-6)25-38(5,26-47-34)19-11-14-30-13-10-15-32(39)20-30/h9-10,13,15-18,20-21,27-29,35,37,40H,8,11-12,14,19,22-26H2,1-7H3,(H,41,44)/b16-9+. The Morgan fingerprint density at radius 2 is 1.96 bits per heavy atom. The number of carbonyl (C=O) groups is 1. The second kappa shape index (κ2) is 18.0. The van der Waals surface area contributed by atoms with Gasteiger partial charge in [-0.2, -0.15) is 0 Å². The van der Waals surface area contributed by atoms with Crippen molar-refractivity contribution in [3.63, 3.8) is 0 Å². The number of hydrogen-bond donors (Lipinski definition) is 2. The lowest BCUT2D eigenvalue weighted by Crippen LogP contribution is -2.49. The van der Waals surface area contributed by atoms with Gasteiger partial charge < -0.3 is 25.0 Å². The number of aryl methyl sites for hydroxylation is 1. The summed E-state index contributed by atoms with van der Waals surface area (Å²) in [6.45, 7) is 14.1. The van der Waals surface area contributed by atoms with Crippen molar-refractivity contribution in [1.82, 2.24) is 14.9 Å². The summed E-state index contributed by atoms with van der Waals surface area (Å²) >= 11 is 6.27. The topological polar surface area (TPSA) is 83.1 Å². The van der Waals surface area contributed by atoms with Crippen LogP contribution < -0.4 is 20.3 Å². The van der Waals surface area contributed by atoms with E-state index in [2.05, 4.69) is 85.7 Å². The number of carbonyl (C=O) groups excluding carboxylic acids is 1. The van der Waals surface area contributed by atoms with Gasteiger partial charge >= 0.3 is 0 Å². The molecule has 1 amide bonds. The Hall–Kier alpha value is -2.43. The van der Waals surface area contributed by atoms with Crippen molar-refractivity contribution in [3.05, 3.63) is 70.8 Å². The van der Waals surface area contributed by atoms with Crippen molar-refractivity contribution in [3.8, 4) is 5.75 Å². The predicted octanol–water partition coefficient (Wildman–Crippen LogP) is 6.39. The van der Waals surface area contributed by atoms with Gasteiger partial charge in [-0.05, 0) is 93.8 Å². The minimum Gasteiger partial charge on any atom is -0.491 e. The zero-order chi connectivity index (χ0) is 34.8. The van der Waals surface area contributed by atoms with Crippen LogP contribution in [-0.2, 0) is 33.5 Å². The van der Waals surface area contributed by atoms with Gasteiger partial charge in [-0.15, -0.1) is 0 Å². The summed E-state index contributed by atoms with van der Waals surface area (Å²) in [6, 6.07) is 14.5. The molecule has 2 bridgehead atoms. The largest absolute Gasteiger partial charge is 0.491 e. The van der Waals surface area contributed by atoms with Crippen LogP contribution in [0.3, 0.4) is 0 Å². The molecule has 7 atom stereocenters. The summed E-state index contributed by atoms with van der Waals surface area (Å²) in [4.78, 5) is 14.9. The number of nitrogens with one attached hydrogen (secondary N) is 2. The highest BCUT2D eigenvalue weighted by molar-refractivity contribution is 7.83. The summed E-state index contributed by atoms with van der Waals surface area (Å²) in [5.41, 5.74) is 3.33. The highest BCUT2D eigenvalue weighted by Crippen LogP contribution is 2.40. The molecule has 2 N–H and O–H groups in total. The summed E-state index contributed by atoms with van der Waals surface area (Å²) < 4.78 is 28.5. The van der Waals surface area contributed by atoms with Gasteiger partial charge in [0.25, 0.3) is 0 Å². The van der Waals surface area contributed by atoms with Crippen LogP contribution in [0.1, 0.15) is 65.0 Å². The Labute approximate surface area is 296 Å². The van der Waals surface area contributed by atoms with Crippen LogP contribution >= 0.6 is 11.6 Å². The fraction of sp³-hybridized carbons (Fsp3) is 0.605. The van der Waals surface area contributed by atoms with Gasteiger partial charge in [0, 0.05) is 55.0 Å². The van der Waals surface area contributed by atoms with Crippen molar-refractivity contribution in [2.75, 3.05) is 51.8 Å². The Kier molecular flexibility index (Phi) is 14.4. The van der Waals surface area contributed by atoms with Gasteiger partial charge in [0.1, 0.15) is 12.4 Å². The zero-order valence-electron chi connectivity index (χ0n) is 30.0. The number of halogens is 1. The molecule has 8 nitrogen and oxygen atoms in total. The number of allylic oxidation sites excluding steroid dienone is 1. The lowest BCUT2D eigenvalue weighted by atomic mass is 9.84. The predicted molar refractivity (Wildman–Crippen MR) is 199 cm³/mol. The molecule has 2 heterocycles. The van der Waals surface area contributed by atoms with Gasteiger partial charge in [-0.1, -0.05) is 62.7 Å². The van der Waals surface area contributed by atoms with E-state index in [1.54, 1.807) is 0 Å². The van der Waals surface area contributed by atoms with Crippen LogP contribution in [0.25, 0.3) is 0 Å². The molecule has 2 aliphatic rings. The van der Waals surface area contributed by atoms with Crippen LogP contribution in [0.15, 0.2) is 54.6 Å². The van der Waals surface area contributed by atoms with Gasteiger partial charge in [0.15, 0.2) is 0 Å². The Balaban J connectivity index is 1.67. The third-order valence-electron chi connectivity index (χ3n) is 9.90. The molecule has 0 radical (unpaired) electrons. The first-order chi connectivity index (χ1) is 22.9. The highest BCUT2D eigenvalue weighted by Gasteiger charge is 2.35. The first-order valence-corrected chi connectivity index (χ1v) is 19.1. The van der Waals surface area contributed by atoms with Crippen molar-refractivity contribution < 1.29 is 18.5 Å². The van der Waals surface area contributed by atoms with E-state index in [1.165, 1.54) is 5.56 Å². The second-order valence-electron chi connectivity index (χ2n) is 14.2. The maximum atomic E-state index is 13.6. The van der Waals surface area contributed by atoms with E-state index in [1.807, 2.05) is 37.5 Å². The summed E-state index contributed by atoms with van der Waals surface area (Å²) in [5, 5.41) is 7.13. The molecule has 48 heavy (non-hydrogen) atoms. The maximum Gasteiger partial charge on any atom is 0.246 e. The van der Waals surface area contributed by atoms with E-state index in [0.29, 0.717) is 19.7 Å². The molecule has 4 rings (SSSR count).